The molecule has 4 rings (SSSR count). The number of rotatable bonds is 8. The van der Waals surface area contributed by atoms with Crippen LogP contribution in [0, 0.1) is 0 Å². The van der Waals surface area contributed by atoms with E-state index in [4.69, 9.17) is 30.5 Å². The van der Waals surface area contributed by atoms with Gasteiger partial charge in [0.25, 0.3) is 0 Å². The zero-order valence-electron chi connectivity index (χ0n) is 18.2. The molecule has 0 saturated heterocycles. The third-order valence-electron chi connectivity index (χ3n) is 4.83. The summed E-state index contributed by atoms with van der Waals surface area (Å²) in [5, 5.41) is 0.674. The van der Waals surface area contributed by atoms with Gasteiger partial charge in [-0.1, -0.05) is 29.8 Å². The number of methoxy groups -OCH3 is 1. The molecule has 168 valence electrons. The minimum atomic E-state index is -0.513. The Morgan fingerprint density at radius 3 is 2.42 bits per heavy atom. The summed E-state index contributed by atoms with van der Waals surface area (Å²) >= 11 is 5.92. The number of ether oxygens (including phenoxy) is 4. The molecule has 0 unspecified atom stereocenters. The number of hydrogen-bond donors (Lipinski definition) is 0. The topological polar surface area (TPSA) is 66.3 Å². The summed E-state index contributed by atoms with van der Waals surface area (Å²) in [5.41, 5.74) is 2.61. The lowest BCUT2D eigenvalue weighted by Gasteiger charge is -2.11. The number of nitrogens with zero attached hydrogens (tertiary/aromatic N) is 1. The van der Waals surface area contributed by atoms with Crippen molar-refractivity contribution >= 4 is 29.5 Å². The van der Waals surface area contributed by atoms with Gasteiger partial charge in [-0.3, -0.25) is 0 Å². The van der Waals surface area contributed by atoms with Crippen LogP contribution in [-0.2, 0) is 16.1 Å². The average molecular weight is 464 g/mol. The highest BCUT2D eigenvalue weighted by Crippen LogP contribution is 2.30. The summed E-state index contributed by atoms with van der Waals surface area (Å²) in [4.78, 5) is 16.7. The van der Waals surface area contributed by atoms with Crippen LogP contribution in [0.5, 0.6) is 17.2 Å². The van der Waals surface area contributed by atoms with E-state index < -0.39 is 5.97 Å². The van der Waals surface area contributed by atoms with E-state index in [0.29, 0.717) is 35.3 Å². The molecule has 0 aromatic heterocycles. The number of aliphatic imine (C=N–C) groups is 1. The number of carbonyl (C=O) groups is 1. The molecule has 0 fully saturated rings. The van der Waals surface area contributed by atoms with Crippen molar-refractivity contribution in [3.05, 3.63) is 94.1 Å². The molecule has 3 aromatic rings. The smallest absolute Gasteiger partial charge is 0.363 e. The molecule has 0 aliphatic carbocycles. The van der Waals surface area contributed by atoms with Gasteiger partial charge in [0.05, 0.1) is 13.7 Å². The molecule has 7 heteroatoms. The molecule has 0 radical (unpaired) electrons. The molecule has 1 aliphatic heterocycles. The zero-order chi connectivity index (χ0) is 23.2. The second kappa shape index (κ2) is 10.2. The number of cyclic esters (lactones) is 1. The number of carbonyl (C=O) groups excluding carboxylic acids is 1. The highest BCUT2D eigenvalue weighted by Gasteiger charge is 2.24. The SMILES string of the molecule is CCOc1ccc(C2=N/C(=C\c3ccc(OCc4ccc(Cl)cc4)c(OC)c3)C(=O)O2)cc1. The Hall–Kier alpha value is -3.77. The molecule has 1 aliphatic rings. The van der Waals surface area contributed by atoms with Crippen LogP contribution in [0.15, 0.2) is 77.4 Å². The monoisotopic (exact) mass is 463 g/mol. The second-order valence-electron chi connectivity index (χ2n) is 7.12. The quantitative estimate of drug-likeness (QED) is 0.318. The van der Waals surface area contributed by atoms with E-state index in [1.54, 1.807) is 37.5 Å². The fourth-order valence-corrected chi connectivity index (χ4v) is 3.31. The Balaban J connectivity index is 1.50. The maximum Gasteiger partial charge on any atom is 0.363 e. The Kier molecular flexibility index (Phi) is 6.95. The number of hydrogen-bond acceptors (Lipinski definition) is 6. The van der Waals surface area contributed by atoms with Crippen LogP contribution in [0.4, 0.5) is 0 Å². The molecule has 33 heavy (non-hydrogen) atoms. The standard InChI is InChI=1S/C26H22ClNO5/c1-3-31-21-11-7-19(8-12-21)25-28-22(26(29)33-25)14-18-6-13-23(24(15-18)30-2)32-16-17-4-9-20(27)10-5-17/h4-15H,3,16H2,1-2H3/b22-14-. The number of halogens is 1. The summed E-state index contributed by atoms with van der Waals surface area (Å²) in [6.07, 6.45) is 1.65. The molecule has 0 atom stereocenters. The fraction of sp³-hybridized carbons (Fsp3) is 0.154. The molecule has 0 bridgehead atoms. The largest absolute Gasteiger partial charge is 0.494 e. The van der Waals surface area contributed by atoms with Crippen molar-refractivity contribution in [2.75, 3.05) is 13.7 Å². The van der Waals surface area contributed by atoms with Gasteiger partial charge in [0.15, 0.2) is 17.2 Å². The minimum absolute atomic E-state index is 0.204. The average Bonchev–Trinajstić information content (AvgIpc) is 3.20. The molecule has 0 saturated carbocycles. The maximum atomic E-state index is 12.3. The predicted molar refractivity (Wildman–Crippen MR) is 127 cm³/mol. The number of benzene rings is 3. The van der Waals surface area contributed by atoms with Gasteiger partial charge in [-0.25, -0.2) is 9.79 Å². The van der Waals surface area contributed by atoms with Crippen LogP contribution in [0.3, 0.4) is 0 Å². The third-order valence-corrected chi connectivity index (χ3v) is 5.08. The minimum Gasteiger partial charge on any atom is -0.494 e. The third kappa shape index (κ3) is 5.54. The van der Waals surface area contributed by atoms with Crippen LogP contribution in [0.2, 0.25) is 5.02 Å². The molecule has 0 N–H and O–H groups in total. The number of esters is 1. The lowest BCUT2D eigenvalue weighted by molar-refractivity contribution is -0.129. The molecular weight excluding hydrogens is 442 g/mol. The first-order valence-corrected chi connectivity index (χ1v) is 10.7. The Morgan fingerprint density at radius 2 is 1.73 bits per heavy atom. The fourth-order valence-electron chi connectivity index (χ4n) is 3.19. The van der Waals surface area contributed by atoms with E-state index in [0.717, 1.165) is 16.9 Å². The van der Waals surface area contributed by atoms with Crippen LogP contribution >= 0.6 is 11.6 Å². The van der Waals surface area contributed by atoms with Gasteiger partial charge in [0.1, 0.15) is 12.4 Å². The van der Waals surface area contributed by atoms with Gasteiger partial charge in [-0.05, 0) is 72.7 Å². The van der Waals surface area contributed by atoms with Crippen LogP contribution < -0.4 is 14.2 Å². The summed E-state index contributed by atoms with van der Waals surface area (Å²) in [5.74, 6) is 1.61. The van der Waals surface area contributed by atoms with Gasteiger partial charge in [-0.15, -0.1) is 0 Å². The van der Waals surface area contributed by atoms with Crippen molar-refractivity contribution in [1.29, 1.82) is 0 Å². The molecule has 1 heterocycles. The first kappa shape index (κ1) is 22.4. The van der Waals surface area contributed by atoms with Crippen molar-refractivity contribution in [2.24, 2.45) is 4.99 Å². The molecule has 6 nitrogen and oxygen atoms in total. The van der Waals surface area contributed by atoms with Gasteiger partial charge >= 0.3 is 5.97 Å². The highest BCUT2D eigenvalue weighted by molar-refractivity contribution is 6.30. The van der Waals surface area contributed by atoms with Crippen LogP contribution in [-0.4, -0.2) is 25.6 Å². The lowest BCUT2D eigenvalue weighted by Crippen LogP contribution is -2.05. The normalized spacial score (nSPS) is 14.1. The van der Waals surface area contributed by atoms with E-state index in [-0.39, 0.29) is 11.6 Å². The van der Waals surface area contributed by atoms with Gasteiger partial charge < -0.3 is 18.9 Å². The van der Waals surface area contributed by atoms with Crippen molar-refractivity contribution in [3.63, 3.8) is 0 Å². The molecular formula is C26H22ClNO5. The predicted octanol–water partition coefficient (Wildman–Crippen LogP) is 5.67. The highest BCUT2D eigenvalue weighted by atomic mass is 35.5. The summed E-state index contributed by atoms with van der Waals surface area (Å²) in [6, 6.07) is 20.1. The van der Waals surface area contributed by atoms with E-state index in [1.165, 1.54) is 0 Å². The lowest BCUT2D eigenvalue weighted by atomic mass is 10.1. The van der Waals surface area contributed by atoms with Crippen molar-refractivity contribution < 1.29 is 23.7 Å². The van der Waals surface area contributed by atoms with E-state index in [9.17, 15) is 4.79 Å². The summed E-state index contributed by atoms with van der Waals surface area (Å²) < 4.78 is 22.1. The van der Waals surface area contributed by atoms with Crippen molar-refractivity contribution in [3.8, 4) is 17.2 Å². The van der Waals surface area contributed by atoms with Gasteiger partial charge in [0.2, 0.25) is 5.90 Å². The van der Waals surface area contributed by atoms with Crippen molar-refractivity contribution in [2.45, 2.75) is 13.5 Å². The molecule has 0 spiro atoms. The second-order valence-corrected chi connectivity index (χ2v) is 7.56. The van der Waals surface area contributed by atoms with E-state index in [1.807, 2.05) is 49.4 Å². The maximum absolute atomic E-state index is 12.3. The van der Waals surface area contributed by atoms with Gasteiger partial charge in [0, 0.05) is 10.6 Å². The molecule has 3 aromatic carbocycles. The van der Waals surface area contributed by atoms with Crippen LogP contribution in [0.1, 0.15) is 23.6 Å². The Labute approximate surface area is 197 Å². The zero-order valence-corrected chi connectivity index (χ0v) is 19.0. The van der Waals surface area contributed by atoms with E-state index in [2.05, 4.69) is 4.99 Å². The summed E-state index contributed by atoms with van der Waals surface area (Å²) in [7, 11) is 1.56. The first-order valence-electron chi connectivity index (χ1n) is 10.4. The molecule has 0 amide bonds. The van der Waals surface area contributed by atoms with E-state index >= 15 is 0 Å². The summed E-state index contributed by atoms with van der Waals surface area (Å²) in [6.45, 7) is 2.87. The Bertz CT molecular complexity index is 1200. The van der Waals surface area contributed by atoms with Crippen molar-refractivity contribution in [1.82, 2.24) is 0 Å². The van der Waals surface area contributed by atoms with Crippen LogP contribution in [0.25, 0.3) is 6.08 Å². The van der Waals surface area contributed by atoms with Gasteiger partial charge in [-0.2, -0.15) is 0 Å². The first-order chi connectivity index (χ1) is 16.1. The Morgan fingerprint density at radius 1 is 0.970 bits per heavy atom.